The van der Waals surface area contributed by atoms with E-state index in [1.54, 1.807) is 4.90 Å². The van der Waals surface area contributed by atoms with Gasteiger partial charge in [-0.1, -0.05) is 78.4 Å². The molecular weight excluding hydrogens is 440 g/mol. The molecule has 5 heteroatoms. The molecule has 2 amide bonds. The van der Waals surface area contributed by atoms with Crippen LogP contribution in [0.1, 0.15) is 44.9 Å². The molecule has 0 radical (unpaired) electrons. The lowest BCUT2D eigenvalue weighted by Crippen LogP contribution is -2.30. The van der Waals surface area contributed by atoms with Crippen LogP contribution < -0.4 is 10.2 Å². The molecule has 1 N–H and O–H groups in total. The molecular formula is C29H28N2O2S. The summed E-state index contributed by atoms with van der Waals surface area (Å²) in [6, 6.07) is 29.5. The van der Waals surface area contributed by atoms with Crippen molar-refractivity contribution in [2.45, 2.75) is 32.9 Å². The third-order valence-corrected chi connectivity index (χ3v) is 6.55. The third-order valence-electron chi connectivity index (χ3n) is 5.69. The second-order valence-electron chi connectivity index (χ2n) is 8.40. The maximum Gasteiger partial charge on any atom is 0.268 e. The number of nitrogens with zero attached hydrogens (tertiary/aromatic N) is 1. The van der Waals surface area contributed by atoms with Crippen molar-refractivity contribution in [1.82, 2.24) is 5.32 Å². The Labute approximate surface area is 204 Å². The van der Waals surface area contributed by atoms with Crippen LogP contribution in [0.5, 0.6) is 0 Å². The molecule has 3 aromatic carbocycles. The van der Waals surface area contributed by atoms with Crippen molar-refractivity contribution in [3.05, 3.63) is 124 Å². The van der Waals surface area contributed by atoms with E-state index in [9.17, 15) is 9.59 Å². The summed E-state index contributed by atoms with van der Waals surface area (Å²) in [4.78, 5) is 28.4. The summed E-state index contributed by atoms with van der Waals surface area (Å²) >= 11 is 1.44. The maximum absolute atomic E-state index is 13.3. The van der Waals surface area contributed by atoms with E-state index in [2.05, 4.69) is 11.4 Å². The second kappa shape index (κ2) is 10.9. The Balaban J connectivity index is 1.48. The lowest BCUT2D eigenvalue weighted by Gasteiger charge is -2.23. The van der Waals surface area contributed by atoms with Gasteiger partial charge in [0.2, 0.25) is 5.91 Å². The third kappa shape index (κ3) is 6.00. The van der Waals surface area contributed by atoms with Gasteiger partial charge >= 0.3 is 0 Å². The van der Waals surface area contributed by atoms with Crippen molar-refractivity contribution in [2.24, 2.45) is 0 Å². The highest BCUT2D eigenvalue weighted by atomic mass is 32.1. The smallest absolute Gasteiger partial charge is 0.268 e. The fraction of sp³-hybridized carbons (Fsp3) is 0.172. The van der Waals surface area contributed by atoms with Gasteiger partial charge in [0.25, 0.3) is 5.91 Å². The fourth-order valence-electron chi connectivity index (χ4n) is 3.90. The van der Waals surface area contributed by atoms with E-state index < -0.39 is 0 Å². The van der Waals surface area contributed by atoms with Crippen LogP contribution in [0.15, 0.2) is 96.4 Å². The normalized spacial score (nSPS) is 11.6. The van der Waals surface area contributed by atoms with Gasteiger partial charge in [-0.2, -0.15) is 0 Å². The summed E-state index contributed by atoms with van der Waals surface area (Å²) in [5.74, 6) is -0.0610. The predicted octanol–water partition coefficient (Wildman–Crippen LogP) is 6.32. The molecule has 34 heavy (non-hydrogen) atoms. The minimum atomic E-state index is -0.0544. The van der Waals surface area contributed by atoms with E-state index in [1.165, 1.54) is 11.3 Å². The minimum Gasteiger partial charge on any atom is -0.349 e. The molecule has 4 rings (SSSR count). The molecule has 0 bridgehead atoms. The quantitative estimate of drug-likeness (QED) is 0.329. The van der Waals surface area contributed by atoms with Crippen LogP contribution in [0.25, 0.3) is 0 Å². The highest BCUT2D eigenvalue weighted by Gasteiger charge is 2.19. The van der Waals surface area contributed by atoms with E-state index >= 15 is 0 Å². The Morgan fingerprint density at radius 1 is 0.882 bits per heavy atom. The summed E-state index contributed by atoms with van der Waals surface area (Å²) in [5, 5.41) is 4.97. The van der Waals surface area contributed by atoms with Gasteiger partial charge in [-0.15, -0.1) is 11.3 Å². The van der Waals surface area contributed by atoms with Crippen LogP contribution in [-0.4, -0.2) is 11.8 Å². The van der Waals surface area contributed by atoms with Gasteiger partial charge in [-0.25, -0.2) is 0 Å². The number of benzene rings is 3. The summed E-state index contributed by atoms with van der Waals surface area (Å²) in [7, 11) is 0. The number of amides is 2. The Kier molecular flexibility index (Phi) is 7.55. The van der Waals surface area contributed by atoms with E-state index in [0.29, 0.717) is 11.4 Å². The lowest BCUT2D eigenvalue weighted by atomic mass is 10.1. The molecule has 0 spiro atoms. The molecule has 0 saturated heterocycles. The first-order valence-corrected chi connectivity index (χ1v) is 12.2. The fourth-order valence-corrected chi connectivity index (χ4v) is 4.58. The van der Waals surface area contributed by atoms with Crippen LogP contribution in [0, 0.1) is 6.92 Å². The number of hydrogen-bond donors (Lipinski definition) is 1. The minimum absolute atomic E-state index is 0.0290. The second-order valence-corrected chi connectivity index (χ2v) is 9.35. The summed E-state index contributed by atoms with van der Waals surface area (Å²) in [6.45, 7) is 4.51. The van der Waals surface area contributed by atoms with Gasteiger partial charge in [0.15, 0.2) is 0 Å². The first-order valence-electron chi connectivity index (χ1n) is 11.3. The van der Waals surface area contributed by atoms with Crippen LogP contribution in [0.3, 0.4) is 0 Å². The van der Waals surface area contributed by atoms with E-state index in [4.69, 9.17) is 0 Å². The number of rotatable bonds is 8. The standard InChI is InChI=1S/C29H28N2O2S/c1-21-8-6-9-24(18-21)20-31(29(33)27-12-7-17-34-27)26-15-13-23(14-16-26)19-28(32)30-22(2)25-10-4-3-5-11-25/h3-18,22H,19-20H2,1-2H3,(H,30,32)/t22-/m0/s1. The number of carbonyl (C=O) groups excluding carboxylic acids is 2. The predicted molar refractivity (Wildman–Crippen MR) is 139 cm³/mol. The SMILES string of the molecule is Cc1cccc(CN(C(=O)c2cccs2)c2ccc(CC(=O)N[C@@H](C)c3ccccc3)cc2)c1. The van der Waals surface area contributed by atoms with Gasteiger partial charge in [-0.3, -0.25) is 9.59 Å². The number of nitrogens with one attached hydrogen (secondary N) is 1. The largest absolute Gasteiger partial charge is 0.349 e. The monoisotopic (exact) mass is 468 g/mol. The highest BCUT2D eigenvalue weighted by Crippen LogP contribution is 2.23. The summed E-state index contributed by atoms with van der Waals surface area (Å²) < 4.78 is 0. The number of anilines is 1. The summed E-state index contributed by atoms with van der Waals surface area (Å²) in [6.07, 6.45) is 0.286. The molecule has 0 unspecified atom stereocenters. The van der Waals surface area contributed by atoms with Crippen molar-refractivity contribution in [3.8, 4) is 0 Å². The first-order chi connectivity index (χ1) is 16.5. The van der Waals surface area contributed by atoms with Crippen molar-refractivity contribution in [3.63, 3.8) is 0 Å². The van der Waals surface area contributed by atoms with Crippen molar-refractivity contribution in [1.29, 1.82) is 0 Å². The lowest BCUT2D eigenvalue weighted by molar-refractivity contribution is -0.121. The molecule has 1 atom stereocenters. The van der Waals surface area contributed by atoms with Gasteiger partial charge in [0.05, 0.1) is 23.9 Å². The molecule has 1 aromatic heterocycles. The molecule has 4 aromatic rings. The van der Waals surface area contributed by atoms with Gasteiger partial charge in [0.1, 0.15) is 0 Å². The molecule has 1 heterocycles. The van der Waals surface area contributed by atoms with Crippen LogP contribution >= 0.6 is 11.3 Å². The Hall–Kier alpha value is -3.70. The van der Waals surface area contributed by atoms with E-state index in [0.717, 1.165) is 27.9 Å². The molecule has 0 saturated carbocycles. The van der Waals surface area contributed by atoms with Crippen LogP contribution in [0.4, 0.5) is 5.69 Å². The van der Waals surface area contributed by atoms with Crippen molar-refractivity contribution >= 4 is 28.8 Å². The average Bonchev–Trinajstić information content (AvgIpc) is 3.38. The Morgan fingerprint density at radius 3 is 2.32 bits per heavy atom. The molecule has 4 nitrogen and oxygen atoms in total. The van der Waals surface area contributed by atoms with Gasteiger partial charge < -0.3 is 10.2 Å². The zero-order valence-electron chi connectivity index (χ0n) is 19.4. The number of thiophene rings is 1. The van der Waals surface area contributed by atoms with E-state index in [-0.39, 0.29) is 24.3 Å². The Bertz CT molecular complexity index is 1230. The Morgan fingerprint density at radius 2 is 1.65 bits per heavy atom. The van der Waals surface area contributed by atoms with E-state index in [1.807, 2.05) is 104 Å². The van der Waals surface area contributed by atoms with Gasteiger partial charge in [-0.05, 0) is 54.1 Å². The first kappa shape index (κ1) is 23.5. The topological polar surface area (TPSA) is 49.4 Å². The molecule has 0 aliphatic heterocycles. The number of hydrogen-bond acceptors (Lipinski definition) is 3. The molecule has 0 aliphatic carbocycles. The highest BCUT2D eigenvalue weighted by molar-refractivity contribution is 7.12. The molecule has 172 valence electrons. The molecule has 0 fully saturated rings. The van der Waals surface area contributed by atoms with Crippen LogP contribution in [0.2, 0.25) is 0 Å². The van der Waals surface area contributed by atoms with Gasteiger partial charge in [0, 0.05) is 5.69 Å². The van der Waals surface area contributed by atoms with Crippen LogP contribution in [-0.2, 0) is 17.8 Å². The number of aryl methyl sites for hydroxylation is 1. The zero-order valence-corrected chi connectivity index (χ0v) is 20.2. The maximum atomic E-state index is 13.3. The zero-order chi connectivity index (χ0) is 23.9. The summed E-state index contributed by atoms with van der Waals surface area (Å²) in [5.41, 5.74) is 5.02. The van der Waals surface area contributed by atoms with Crippen molar-refractivity contribution < 1.29 is 9.59 Å². The number of carbonyl (C=O) groups is 2. The van der Waals surface area contributed by atoms with Crippen molar-refractivity contribution in [2.75, 3.05) is 4.90 Å². The average molecular weight is 469 g/mol. The molecule has 0 aliphatic rings.